The molecule has 32 heavy (non-hydrogen) atoms. The van der Waals surface area contributed by atoms with Crippen molar-refractivity contribution in [2.24, 2.45) is 5.92 Å². The Labute approximate surface area is 191 Å². The Balaban J connectivity index is 1.64. The number of likely N-dealkylation sites (N-methyl/N-ethyl adjacent to an activating group) is 1. The van der Waals surface area contributed by atoms with Gasteiger partial charge >= 0.3 is 0 Å². The van der Waals surface area contributed by atoms with Gasteiger partial charge in [0.1, 0.15) is 5.76 Å². The minimum Gasteiger partial charge on any atom is -0.468 e. The Kier molecular flexibility index (Phi) is 7.47. The van der Waals surface area contributed by atoms with Crippen molar-refractivity contribution in [2.75, 3.05) is 33.7 Å². The number of piperidine rings is 1. The quantitative estimate of drug-likeness (QED) is 0.684. The van der Waals surface area contributed by atoms with E-state index in [1.165, 1.54) is 4.31 Å². The van der Waals surface area contributed by atoms with Crippen molar-refractivity contribution in [3.8, 4) is 0 Å². The largest absolute Gasteiger partial charge is 0.468 e. The van der Waals surface area contributed by atoms with Gasteiger partial charge in [0.2, 0.25) is 15.9 Å². The van der Waals surface area contributed by atoms with E-state index in [2.05, 4.69) is 5.32 Å². The lowest BCUT2D eigenvalue weighted by Crippen LogP contribution is -2.44. The number of nitrogens with zero attached hydrogens (tertiary/aromatic N) is 2. The van der Waals surface area contributed by atoms with Crippen LogP contribution in [0.5, 0.6) is 0 Å². The minimum absolute atomic E-state index is 0.0285. The van der Waals surface area contributed by atoms with Crippen LogP contribution in [0.3, 0.4) is 0 Å². The first-order valence-electron chi connectivity index (χ1n) is 11.1. The summed E-state index contributed by atoms with van der Waals surface area (Å²) < 4.78 is 33.9. The van der Waals surface area contributed by atoms with Crippen LogP contribution >= 0.6 is 0 Å². The number of sulfonamides is 1. The smallest absolute Gasteiger partial charge is 0.243 e. The lowest BCUT2D eigenvalue weighted by Gasteiger charge is -2.32. The van der Waals surface area contributed by atoms with Crippen LogP contribution in [-0.4, -0.2) is 57.3 Å². The molecule has 1 atom stereocenters. The highest BCUT2D eigenvalue weighted by Crippen LogP contribution is 2.31. The van der Waals surface area contributed by atoms with E-state index in [4.69, 9.17) is 4.42 Å². The van der Waals surface area contributed by atoms with Crippen LogP contribution in [0, 0.1) is 33.6 Å². The maximum atomic E-state index is 13.4. The van der Waals surface area contributed by atoms with Gasteiger partial charge in [0.15, 0.2) is 0 Å². The number of carbonyl (C=O) groups excluding carboxylic acids is 1. The molecule has 1 N–H and O–H groups in total. The molecule has 2 heterocycles. The summed E-state index contributed by atoms with van der Waals surface area (Å²) in [6, 6.07) is 5.72. The molecule has 7 nitrogen and oxygen atoms in total. The van der Waals surface area contributed by atoms with Crippen molar-refractivity contribution in [1.29, 1.82) is 0 Å². The molecule has 1 amide bonds. The van der Waals surface area contributed by atoms with Gasteiger partial charge in [-0.2, -0.15) is 4.31 Å². The van der Waals surface area contributed by atoms with Gasteiger partial charge in [0.05, 0.1) is 17.2 Å². The number of benzene rings is 1. The highest BCUT2D eigenvalue weighted by Gasteiger charge is 2.34. The lowest BCUT2D eigenvalue weighted by molar-refractivity contribution is -0.126. The normalized spacial score (nSPS) is 17.0. The van der Waals surface area contributed by atoms with Crippen molar-refractivity contribution in [2.45, 2.75) is 51.5 Å². The van der Waals surface area contributed by atoms with Crippen LogP contribution in [0.1, 0.15) is 46.9 Å². The molecule has 1 aromatic heterocycles. The van der Waals surface area contributed by atoms with Gasteiger partial charge in [0, 0.05) is 25.6 Å². The fourth-order valence-electron chi connectivity index (χ4n) is 4.42. The summed E-state index contributed by atoms with van der Waals surface area (Å²) in [6.07, 6.45) is 2.66. The first-order valence-corrected chi connectivity index (χ1v) is 12.5. The maximum absolute atomic E-state index is 13.4. The molecular formula is C24H35N3O4S. The van der Waals surface area contributed by atoms with E-state index in [1.54, 1.807) is 6.26 Å². The first-order chi connectivity index (χ1) is 15.0. The molecular weight excluding hydrogens is 426 g/mol. The van der Waals surface area contributed by atoms with E-state index in [9.17, 15) is 13.2 Å². The van der Waals surface area contributed by atoms with Gasteiger partial charge in [0.25, 0.3) is 0 Å². The van der Waals surface area contributed by atoms with Crippen LogP contribution in [0.4, 0.5) is 0 Å². The van der Waals surface area contributed by atoms with E-state index in [0.717, 1.165) is 28.0 Å². The fraction of sp³-hybridized carbons (Fsp3) is 0.542. The zero-order valence-electron chi connectivity index (χ0n) is 19.9. The molecule has 3 rings (SSSR count). The first kappa shape index (κ1) is 24.5. The maximum Gasteiger partial charge on any atom is 0.243 e. The van der Waals surface area contributed by atoms with E-state index in [0.29, 0.717) is 37.4 Å². The van der Waals surface area contributed by atoms with Crippen LogP contribution in [-0.2, 0) is 14.8 Å². The average Bonchev–Trinajstić information content (AvgIpc) is 3.26. The van der Waals surface area contributed by atoms with Crippen molar-refractivity contribution >= 4 is 15.9 Å². The summed E-state index contributed by atoms with van der Waals surface area (Å²) in [5.74, 6) is 0.580. The number of nitrogens with one attached hydrogen (secondary N) is 1. The summed E-state index contributed by atoms with van der Waals surface area (Å²) in [6.45, 7) is 8.77. The van der Waals surface area contributed by atoms with Gasteiger partial charge in [-0.15, -0.1) is 0 Å². The Bertz CT molecular complexity index is 1030. The molecule has 8 heteroatoms. The van der Waals surface area contributed by atoms with Crippen molar-refractivity contribution in [1.82, 2.24) is 14.5 Å². The number of hydrogen-bond donors (Lipinski definition) is 1. The number of furan rings is 1. The molecule has 0 bridgehead atoms. The summed E-state index contributed by atoms with van der Waals surface area (Å²) in [5, 5.41) is 3.03. The van der Waals surface area contributed by atoms with Crippen LogP contribution in [0.25, 0.3) is 0 Å². The van der Waals surface area contributed by atoms with E-state index >= 15 is 0 Å². The zero-order chi connectivity index (χ0) is 23.6. The molecule has 1 aliphatic rings. The predicted octanol–water partition coefficient (Wildman–Crippen LogP) is 3.33. The summed E-state index contributed by atoms with van der Waals surface area (Å²) >= 11 is 0. The van der Waals surface area contributed by atoms with E-state index < -0.39 is 10.0 Å². The summed E-state index contributed by atoms with van der Waals surface area (Å²) in [7, 11) is 0.287. The molecule has 1 aromatic carbocycles. The second-order valence-corrected chi connectivity index (χ2v) is 10.9. The topological polar surface area (TPSA) is 82.9 Å². The SMILES string of the molecule is Cc1cc(C)c(C)c(S(=O)(=O)N2CCC(C(=O)NCC(c3ccco3)N(C)C)CC2)c1C. The molecule has 1 fully saturated rings. The highest BCUT2D eigenvalue weighted by molar-refractivity contribution is 7.89. The Hall–Kier alpha value is -2.16. The second kappa shape index (κ2) is 9.77. The lowest BCUT2D eigenvalue weighted by atomic mass is 9.97. The highest BCUT2D eigenvalue weighted by atomic mass is 32.2. The second-order valence-electron chi connectivity index (χ2n) is 9.01. The minimum atomic E-state index is -3.60. The van der Waals surface area contributed by atoms with Crippen molar-refractivity contribution in [3.05, 3.63) is 52.5 Å². The van der Waals surface area contributed by atoms with Gasteiger partial charge in [-0.1, -0.05) is 6.07 Å². The molecule has 0 aliphatic carbocycles. The van der Waals surface area contributed by atoms with Gasteiger partial charge in [-0.3, -0.25) is 9.69 Å². The zero-order valence-corrected chi connectivity index (χ0v) is 20.8. The Morgan fingerprint density at radius 3 is 2.25 bits per heavy atom. The molecule has 1 aliphatic heterocycles. The molecule has 1 unspecified atom stereocenters. The van der Waals surface area contributed by atoms with E-state index in [-0.39, 0.29) is 17.9 Å². The number of rotatable bonds is 7. The third-order valence-electron chi connectivity index (χ3n) is 6.68. The van der Waals surface area contributed by atoms with Crippen LogP contribution in [0.2, 0.25) is 0 Å². The van der Waals surface area contributed by atoms with Crippen molar-refractivity contribution in [3.63, 3.8) is 0 Å². The van der Waals surface area contributed by atoms with Crippen LogP contribution in [0.15, 0.2) is 33.8 Å². The number of aryl methyl sites for hydroxylation is 2. The standard InChI is InChI=1S/C24H35N3O4S/c1-16-14-17(2)19(4)23(18(16)3)32(29,30)27-11-9-20(10-12-27)24(28)25-15-21(26(5)6)22-8-7-13-31-22/h7-8,13-14,20-21H,9-12,15H2,1-6H3,(H,25,28). The molecule has 0 spiro atoms. The Morgan fingerprint density at radius 1 is 1.16 bits per heavy atom. The summed E-state index contributed by atoms with van der Waals surface area (Å²) in [5.41, 5.74) is 3.57. The average molecular weight is 462 g/mol. The molecule has 2 aromatic rings. The number of carbonyl (C=O) groups is 1. The summed E-state index contributed by atoms with van der Waals surface area (Å²) in [4.78, 5) is 15.2. The van der Waals surface area contributed by atoms with Gasteiger partial charge < -0.3 is 9.73 Å². The monoisotopic (exact) mass is 461 g/mol. The van der Waals surface area contributed by atoms with E-state index in [1.807, 2.05) is 64.9 Å². The number of amides is 1. The molecule has 1 saturated heterocycles. The van der Waals surface area contributed by atoms with Gasteiger partial charge in [-0.25, -0.2) is 8.42 Å². The molecule has 0 radical (unpaired) electrons. The number of hydrogen-bond acceptors (Lipinski definition) is 5. The fourth-order valence-corrected chi connectivity index (χ4v) is 6.46. The van der Waals surface area contributed by atoms with Gasteiger partial charge in [-0.05, 0) is 89.0 Å². The Morgan fingerprint density at radius 2 is 1.75 bits per heavy atom. The third-order valence-corrected chi connectivity index (χ3v) is 8.86. The van der Waals surface area contributed by atoms with Crippen LogP contribution < -0.4 is 5.32 Å². The predicted molar refractivity (Wildman–Crippen MR) is 125 cm³/mol. The third kappa shape index (κ3) is 4.92. The van der Waals surface area contributed by atoms with Crippen molar-refractivity contribution < 1.29 is 17.6 Å². The molecule has 176 valence electrons. The molecule has 0 saturated carbocycles.